The van der Waals surface area contributed by atoms with Gasteiger partial charge in [0.15, 0.2) is 0 Å². The average Bonchev–Trinajstić information content (AvgIpc) is 2.55. The molecule has 1 nitrogen and oxygen atoms in total. The van der Waals surface area contributed by atoms with E-state index in [4.69, 9.17) is 0 Å². The number of aryl methyl sites for hydroxylation is 1. The van der Waals surface area contributed by atoms with Gasteiger partial charge < -0.3 is 0 Å². The minimum absolute atomic E-state index is 0.646. The molecular weight excluding hydrogens is 299 g/mol. The van der Waals surface area contributed by atoms with Gasteiger partial charge in [0, 0.05) is 11.8 Å². The number of hydrogen-bond acceptors (Lipinski definition) is 1. The van der Waals surface area contributed by atoms with Gasteiger partial charge in [-0.15, -0.1) is 0 Å². The van der Waals surface area contributed by atoms with Crippen molar-refractivity contribution < 1.29 is 13.2 Å². The quantitative estimate of drug-likeness (QED) is 0.587. The third-order valence-corrected chi connectivity index (χ3v) is 3.64. The lowest BCUT2D eigenvalue weighted by molar-refractivity contribution is -0.137. The maximum atomic E-state index is 12.7. The zero-order chi connectivity index (χ0) is 16.4. The average molecular weight is 313 g/mol. The van der Waals surface area contributed by atoms with E-state index < -0.39 is 11.7 Å². The van der Waals surface area contributed by atoms with Crippen LogP contribution in [0.5, 0.6) is 0 Å². The van der Waals surface area contributed by atoms with E-state index >= 15 is 0 Å². The first-order chi connectivity index (χ1) is 10.9. The van der Waals surface area contributed by atoms with Gasteiger partial charge in [-0.1, -0.05) is 35.9 Å². The molecular formula is C19H14F3N. The molecule has 3 aromatic rings. The molecule has 0 aliphatic carbocycles. The predicted molar refractivity (Wildman–Crippen MR) is 84.8 cm³/mol. The molecule has 0 radical (unpaired) electrons. The van der Waals surface area contributed by atoms with E-state index in [2.05, 4.69) is 4.98 Å². The maximum Gasteiger partial charge on any atom is 0.416 e. The van der Waals surface area contributed by atoms with Crippen molar-refractivity contribution in [2.45, 2.75) is 13.1 Å². The van der Waals surface area contributed by atoms with Crippen LogP contribution < -0.4 is 0 Å². The van der Waals surface area contributed by atoms with E-state index in [1.807, 2.05) is 43.3 Å². The van der Waals surface area contributed by atoms with Crippen LogP contribution >= 0.6 is 0 Å². The molecule has 23 heavy (non-hydrogen) atoms. The van der Waals surface area contributed by atoms with Crippen molar-refractivity contribution >= 4 is 0 Å². The number of rotatable bonds is 2. The second-order valence-electron chi connectivity index (χ2n) is 5.34. The van der Waals surface area contributed by atoms with Gasteiger partial charge in [0.1, 0.15) is 0 Å². The highest BCUT2D eigenvalue weighted by Gasteiger charge is 2.30. The highest BCUT2D eigenvalue weighted by Crippen LogP contribution is 2.34. The molecule has 3 rings (SSSR count). The van der Waals surface area contributed by atoms with Crippen molar-refractivity contribution in [3.05, 3.63) is 78.0 Å². The van der Waals surface area contributed by atoms with Crippen molar-refractivity contribution in [3.63, 3.8) is 0 Å². The monoisotopic (exact) mass is 313 g/mol. The van der Waals surface area contributed by atoms with Crippen molar-refractivity contribution in [3.8, 4) is 22.4 Å². The topological polar surface area (TPSA) is 12.9 Å². The number of hydrogen-bond donors (Lipinski definition) is 0. The molecule has 1 aromatic heterocycles. The van der Waals surface area contributed by atoms with Gasteiger partial charge in [0.25, 0.3) is 0 Å². The molecule has 0 saturated carbocycles. The van der Waals surface area contributed by atoms with E-state index in [0.717, 1.165) is 40.1 Å². The molecule has 0 atom stereocenters. The molecule has 0 spiro atoms. The Hall–Kier alpha value is -2.62. The molecule has 0 fully saturated rings. The number of halogens is 3. The second kappa shape index (κ2) is 5.88. The second-order valence-corrected chi connectivity index (χ2v) is 5.34. The zero-order valence-corrected chi connectivity index (χ0v) is 12.4. The molecule has 0 aliphatic rings. The van der Waals surface area contributed by atoms with Crippen LogP contribution in [0.4, 0.5) is 13.2 Å². The fourth-order valence-electron chi connectivity index (χ4n) is 2.48. The normalized spacial score (nSPS) is 11.5. The summed E-state index contributed by atoms with van der Waals surface area (Å²) in [5, 5.41) is 0. The predicted octanol–water partition coefficient (Wildman–Crippen LogP) is 5.74. The number of alkyl halides is 3. The van der Waals surface area contributed by atoms with Crippen molar-refractivity contribution in [2.24, 2.45) is 0 Å². The fourth-order valence-corrected chi connectivity index (χ4v) is 2.48. The Morgan fingerprint density at radius 1 is 0.826 bits per heavy atom. The van der Waals surface area contributed by atoms with Gasteiger partial charge in [0.2, 0.25) is 0 Å². The third kappa shape index (κ3) is 3.26. The maximum absolute atomic E-state index is 12.7. The molecule has 2 aromatic carbocycles. The lowest BCUT2D eigenvalue weighted by Gasteiger charge is -2.12. The number of nitrogens with zero attached hydrogens (tertiary/aromatic N) is 1. The largest absolute Gasteiger partial charge is 0.416 e. The standard InChI is InChI=1S/C19H14F3N/c1-13-5-10-16(17(12-13)18-4-2-3-11-23-18)14-6-8-15(9-7-14)19(20,21)22/h2-12H,1H3. The minimum Gasteiger partial charge on any atom is -0.256 e. The van der Waals surface area contributed by atoms with Crippen LogP contribution in [-0.2, 0) is 6.18 Å². The van der Waals surface area contributed by atoms with Gasteiger partial charge in [-0.25, -0.2) is 0 Å². The molecule has 0 unspecified atom stereocenters. The van der Waals surface area contributed by atoms with Crippen LogP contribution in [0, 0.1) is 6.92 Å². The minimum atomic E-state index is -4.32. The smallest absolute Gasteiger partial charge is 0.256 e. The summed E-state index contributed by atoms with van der Waals surface area (Å²) in [6.07, 6.45) is -2.62. The Balaban J connectivity index is 2.10. The summed E-state index contributed by atoms with van der Waals surface area (Å²) in [7, 11) is 0. The van der Waals surface area contributed by atoms with Crippen molar-refractivity contribution in [1.82, 2.24) is 4.98 Å². The van der Waals surface area contributed by atoms with E-state index in [9.17, 15) is 13.2 Å². The molecule has 0 amide bonds. The van der Waals surface area contributed by atoms with E-state index in [1.165, 1.54) is 12.1 Å². The molecule has 0 bridgehead atoms. The first-order valence-corrected chi connectivity index (χ1v) is 7.15. The van der Waals surface area contributed by atoms with Gasteiger partial charge in [-0.3, -0.25) is 4.98 Å². The molecule has 1 heterocycles. The third-order valence-electron chi connectivity index (χ3n) is 3.64. The first kappa shape index (κ1) is 15.3. The molecule has 0 N–H and O–H groups in total. The van der Waals surface area contributed by atoms with Crippen molar-refractivity contribution in [1.29, 1.82) is 0 Å². The summed E-state index contributed by atoms with van der Waals surface area (Å²) in [6, 6.07) is 16.7. The van der Waals surface area contributed by atoms with E-state index in [1.54, 1.807) is 6.20 Å². The Bertz CT molecular complexity index is 806. The van der Waals surface area contributed by atoms with Gasteiger partial charge in [-0.2, -0.15) is 13.2 Å². The lowest BCUT2D eigenvalue weighted by Crippen LogP contribution is -2.04. The summed E-state index contributed by atoms with van der Waals surface area (Å²) in [4.78, 5) is 4.35. The van der Waals surface area contributed by atoms with Crippen LogP contribution in [0.15, 0.2) is 66.9 Å². The van der Waals surface area contributed by atoms with E-state index in [-0.39, 0.29) is 0 Å². The van der Waals surface area contributed by atoms with Gasteiger partial charge in [-0.05, 0) is 48.4 Å². The molecule has 4 heteroatoms. The molecule has 0 saturated heterocycles. The van der Waals surface area contributed by atoms with Crippen LogP contribution in [0.25, 0.3) is 22.4 Å². The molecule has 116 valence electrons. The first-order valence-electron chi connectivity index (χ1n) is 7.15. The number of aromatic nitrogens is 1. The Kier molecular flexibility index (Phi) is 3.90. The Labute approximate surface area is 132 Å². The summed E-state index contributed by atoms with van der Waals surface area (Å²) < 4.78 is 38.1. The lowest BCUT2D eigenvalue weighted by atomic mass is 9.95. The Morgan fingerprint density at radius 2 is 1.57 bits per heavy atom. The fraction of sp³-hybridized carbons (Fsp3) is 0.105. The highest BCUT2D eigenvalue weighted by molar-refractivity contribution is 5.82. The van der Waals surface area contributed by atoms with Crippen LogP contribution in [0.2, 0.25) is 0 Å². The van der Waals surface area contributed by atoms with Crippen molar-refractivity contribution in [2.75, 3.05) is 0 Å². The van der Waals surface area contributed by atoms with E-state index in [0.29, 0.717) is 0 Å². The number of pyridine rings is 1. The van der Waals surface area contributed by atoms with Crippen LogP contribution in [0.1, 0.15) is 11.1 Å². The summed E-state index contributed by atoms with van der Waals surface area (Å²) in [5.74, 6) is 0. The Morgan fingerprint density at radius 3 is 2.17 bits per heavy atom. The van der Waals surface area contributed by atoms with Crippen LogP contribution in [0.3, 0.4) is 0 Å². The SMILES string of the molecule is Cc1ccc(-c2ccc(C(F)(F)F)cc2)c(-c2ccccn2)c1. The summed E-state index contributed by atoms with van der Waals surface area (Å²) in [6.45, 7) is 1.98. The summed E-state index contributed by atoms with van der Waals surface area (Å²) >= 11 is 0. The zero-order valence-electron chi connectivity index (χ0n) is 12.4. The van der Waals surface area contributed by atoms with Crippen LogP contribution in [-0.4, -0.2) is 4.98 Å². The summed E-state index contributed by atoms with van der Waals surface area (Å²) in [5.41, 5.74) is 3.73. The molecule has 0 aliphatic heterocycles. The highest BCUT2D eigenvalue weighted by atomic mass is 19.4. The van der Waals surface area contributed by atoms with Gasteiger partial charge >= 0.3 is 6.18 Å². The number of benzene rings is 2. The van der Waals surface area contributed by atoms with Gasteiger partial charge in [0.05, 0.1) is 11.3 Å².